The number of hydrogen-bond donors (Lipinski definition) is 1. The second-order valence-corrected chi connectivity index (χ2v) is 3.65. The van der Waals surface area contributed by atoms with E-state index in [1.807, 2.05) is 24.3 Å². The number of aryl methyl sites for hydroxylation is 1. The Morgan fingerprint density at radius 2 is 1.80 bits per heavy atom. The van der Waals surface area contributed by atoms with Crippen LogP contribution in [0.1, 0.15) is 24.5 Å². The fourth-order valence-corrected chi connectivity index (χ4v) is 1.43. The van der Waals surface area contributed by atoms with Crippen molar-refractivity contribution in [3.8, 4) is 0 Å². The molecule has 0 aliphatic rings. The average molecular weight is 204 g/mol. The largest absolute Gasteiger partial charge is 0.478 e. The van der Waals surface area contributed by atoms with Crippen LogP contribution >= 0.6 is 0 Å². The molecule has 0 spiro atoms. The van der Waals surface area contributed by atoms with E-state index in [9.17, 15) is 4.79 Å². The number of rotatable bonds is 5. The molecule has 0 aliphatic heterocycles. The zero-order valence-corrected chi connectivity index (χ0v) is 8.99. The van der Waals surface area contributed by atoms with E-state index < -0.39 is 5.97 Å². The van der Waals surface area contributed by atoms with Gasteiger partial charge in [0.1, 0.15) is 0 Å². The summed E-state index contributed by atoms with van der Waals surface area (Å²) in [6.07, 6.45) is 2.61. The second kappa shape index (κ2) is 5.35. The Morgan fingerprint density at radius 3 is 2.27 bits per heavy atom. The lowest BCUT2D eigenvalue weighted by Gasteiger charge is -2.03. The summed E-state index contributed by atoms with van der Waals surface area (Å²) in [5.41, 5.74) is 2.53. The highest BCUT2D eigenvalue weighted by atomic mass is 16.4. The normalized spacial score (nSPS) is 9.93. The zero-order chi connectivity index (χ0) is 11.3. The topological polar surface area (TPSA) is 37.3 Å². The van der Waals surface area contributed by atoms with E-state index in [0.717, 1.165) is 18.4 Å². The van der Waals surface area contributed by atoms with Crippen molar-refractivity contribution in [1.82, 2.24) is 0 Å². The molecular weight excluding hydrogens is 188 g/mol. The Hall–Kier alpha value is -1.57. The molecule has 2 heteroatoms. The molecule has 0 saturated carbocycles. The smallest absolute Gasteiger partial charge is 0.331 e. The van der Waals surface area contributed by atoms with E-state index in [4.69, 9.17) is 5.11 Å². The predicted molar refractivity (Wildman–Crippen MR) is 60.9 cm³/mol. The van der Waals surface area contributed by atoms with Gasteiger partial charge in [-0.15, -0.1) is 0 Å². The maximum atomic E-state index is 10.6. The number of carboxylic acids is 1. The number of hydrogen-bond acceptors (Lipinski definition) is 1. The molecule has 0 fully saturated rings. The van der Waals surface area contributed by atoms with Crippen LogP contribution in [0, 0.1) is 0 Å². The molecule has 1 aromatic rings. The van der Waals surface area contributed by atoms with Gasteiger partial charge in [0.25, 0.3) is 0 Å². The molecule has 0 saturated heterocycles. The van der Waals surface area contributed by atoms with Gasteiger partial charge in [-0.1, -0.05) is 44.2 Å². The van der Waals surface area contributed by atoms with Gasteiger partial charge in [-0.05, 0) is 17.5 Å². The van der Waals surface area contributed by atoms with Gasteiger partial charge in [-0.25, -0.2) is 4.79 Å². The predicted octanol–water partition coefficient (Wildman–Crippen LogP) is 2.82. The van der Waals surface area contributed by atoms with Crippen molar-refractivity contribution in [2.24, 2.45) is 0 Å². The van der Waals surface area contributed by atoms with Gasteiger partial charge in [0.05, 0.1) is 0 Å². The first-order chi connectivity index (χ1) is 7.13. The van der Waals surface area contributed by atoms with Gasteiger partial charge in [-0.2, -0.15) is 0 Å². The first kappa shape index (κ1) is 11.5. The van der Waals surface area contributed by atoms with Crippen LogP contribution in [-0.4, -0.2) is 11.1 Å². The molecule has 80 valence electrons. The summed E-state index contributed by atoms with van der Waals surface area (Å²) in [7, 11) is 0. The summed E-state index contributed by atoms with van der Waals surface area (Å²) in [5.74, 6) is -0.923. The van der Waals surface area contributed by atoms with E-state index >= 15 is 0 Å². The SMILES string of the molecule is C=C(Cc1ccc(CCC)cc1)C(=O)O. The highest BCUT2D eigenvalue weighted by Gasteiger charge is 2.04. The summed E-state index contributed by atoms with van der Waals surface area (Å²) < 4.78 is 0. The van der Waals surface area contributed by atoms with Crippen LogP contribution in [0.5, 0.6) is 0 Å². The van der Waals surface area contributed by atoms with Crippen molar-refractivity contribution in [1.29, 1.82) is 0 Å². The summed E-state index contributed by atoms with van der Waals surface area (Å²) in [6, 6.07) is 8.04. The van der Waals surface area contributed by atoms with Crippen LogP contribution in [0.4, 0.5) is 0 Å². The minimum atomic E-state index is -0.923. The van der Waals surface area contributed by atoms with E-state index in [-0.39, 0.29) is 5.57 Å². The minimum absolute atomic E-state index is 0.234. The van der Waals surface area contributed by atoms with Crippen LogP contribution < -0.4 is 0 Å². The molecule has 1 N–H and O–H groups in total. The molecule has 0 aliphatic carbocycles. The Bertz CT molecular complexity index is 349. The summed E-state index contributed by atoms with van der Waals surface area (Å²) in [6.45, 7) is 5.65. The molecule has 0 atom stereocenters. The third kappa shape index (κ3) is 3.58. The van der Waals surface area contributed by atoms with Gasteiger partial charge in [0.2, 0.25) is 0 Å². The standard InChI is InChI=1S/C13H16O2/c1-3-4-11-5-7-12(8-6-11)9-10(2)13(14)15/h5-8H,2-4,9H2,1H3,(H,14,15). The molecule has 0 aromatic heterocycles. The van der Waals surface area contributed by atoms with E-state index in [2.05, 4.69) is 13.5 Å². The van der Waals surface area contributed by atoms with Crippen molar-refractivity contribution < 1.29 is 9.90 Å². The van der Waals surface area contributed by atoms with Gasteiger partial charge < -0.3 is 5.11 Å². The molecule has 0 bridgehead atoms. The maximum Gasteiger partial charge on any atom is 0.331 e. The Labute approximate surface area is 90.3 Å². The Kier molecular flexibility index (Phi) is 4.10. The lowest BCUT2D eigenvalue weighted by molar-refractivity contribution is -0.132. The van der Waals surface area contributed by atoms with Crippen LogP contribution in [-0.2, 0) is 17.6 Å². The third-order valence-corrected chi connectivity index (χ3v) is 2.28. The monoisotopic (exact) mass is 204 g/mol. The highest BCUT2D eigenvalue weighted by molar-refractivity contribution is 5.86. The number of carbonyl (C=O) groups is 1. The second-order valence-electron chi connectivity index (χ2n) is 3.65. The van der Waals surface area contributed by atoms with Crippen molar-refractivity contribution in [3.05, 3.63) is 47.5 Å². The molecule has 1 rings (SSSR count). The summed E-state index contributed by atoms with van der Waals surface area (Å²) in [4.78, 5) is 10.6. The van der Waals surface area contributed by atoms with Gasteiger partial charge >= 0.3 is 5.97 Å². The fourth-order valence-electron chi connectivity index (χ4n) is 1.43. The van der Waals surface area contributed by atoms with Crippen LogP contribution in [0.3, 0.4) is 0 Å². The molecule has 0 unspecified atom stereocenters. The van der Waals surface area contributed by atoms with Crippen molar-refractivity contribution in [3.63, 3.8) is 0 Å². The molecule has 0 radical (unpaired) electrons. The Balaban J connectivity index is 2.64. The molecule has 0 amide bonds. The zero-order valence-electron chi connectivity index (χ0n) is 8.99. The first-order valence-electron chi connectivity index (χ1n) is 5.12. The van der Waals surface area contributed by atoms with E-state index in [0.29, 0.717) is 6.42 Å². The van der Waals surface area contributed by atoms with E-state index in [1.165, 1.54) is 5.56 Å². The molecule has 2 nitrogen and oxygen atoms in total. The van der Waals surface area contributed by atoms with Crippen molar-refractivity contribution in [2.75, 3.05) is 0 Å². The molecule has 15 heavy (non-hydrogen) atoms. The average Bonchev–Trinajstić information content (AvgIpc) is 2.21. The Morgan fingerprint density at radius 1 is 1.27 bits per heavy atom. The van der Waals surface area contributed by atoms with E-state index in [1.54, 1.807) is 0 Å². The quantitative estimate of drug-likeness (QED) is 0.749. The van der Waals surface area contributed by atoms with Crippen LogP contribution in [0.15, 0.2) is 36.4 Å². The highest BCUT2D eigenvalue weighted by Crippen LogP contribution is 2.10. The summed E-state index contributed by atoms with van der Waals surface area (Å²) in [5, 5.41) is 8.68. The van der Waals surface area contributed by atoms with Gasteiger partial charge in [0, 0.05) is 12.0 Å². The van der Waals surface area contributed by atoms with Crippen LogP contribution in [0.25, 0.3) is 0 Å². The number of carboxylic acid groups (broad SMARTS) is 1. The van der Waals surface area contributed by atoms with Crippen molar-refractivity contribution >= 4 is 5.97 Å². The molecule has 0 heterocycles. The minimum Gasteiger partial charge on any atom is -0.478 e. The maximum absolute atomic E-state index is 10.6. The van der Waals surface area contributed by atoms with Crippen LogP contribution in [0.2, 0.25) is 0 Å². The van der Waals surface area contributed by atoms with Crippen molar-refractivity contribution in [2.45, 2.75) is 26.2 Å². The first-order valence-corrected chi connectivity index (χ1v) is 5.12. The van der Waals surface area contributed by atoms with Gasteiger partial charge in [0.15, 0.2) is 0 Å². The lowest BCUT2D eigenvalue weighted by atomic mass is 10.0. The lowest BCUT2D eigenvalue weighted by Crippen LogP contribution is -2.02. The fraction of sp³-hybridized carbons (Fsp3) is 0.308. The molecular formula is C13H16O2. The third-order valence-electron chi connectivity index (χ3n) is 2.28. The summed E-state index contributed by atoms with van der Waals surface area (Å²) >= 11 is 0. The number of benzene rings is 1. The van der Waals surface area contributed by atoms with Gasteiger partial charge in [-0.3, -0.25) is 0 Å². The molecule has 1 aromatic carbocycles. The number of aliphatic carboxylic acids is 1.